The fourth-order valence-corrected chi connectivity index (χ4v) is 3.27. The summed E-state index contributed by atoms with van der Waals surface area (Å²) in [5.41, 5.74) is 2.65. The number of amides is 1. The maximum Gasteiger partial charge on any atom is 0.272 e. The largest absolute Gasteiger partial charge is 0.339 e. The van der Waals surface area contributed by atoms with Crippen LogP contribution in [0.25, 0.3) is 0 Å². The Morgan fingerprint density at radius 2 is 1.83 bits per heavy atom. The number of nitrogens with zero attached hydrogens (tertiary/aromatic N) is 2. The summed E-state index contributed by atoms with van der Waals surface area (Å²) in [4.78, 5) is 21.6. The number of rotatable bonds is 5. The van der Waals surface area contributed by atoms with Crippen molar-refractivity contribution in [1.29, 1.82) is 0 Å². The molecule has 2 aromatic heterocycles. The lowest BCUT2D eigenvalue weighted by atomic mass is 9.98. The summed E-state index contributed by atoms with van der Waals surface area (Å²) >= 11 is 1.62. The Bertz CT molecular complexity index is 783. The summed E-state index contributed by atoms with van der Waals surface area (Å²) in [5.74, 6) is 0.253. The van der Waals surface area contributed by atoms with Crippen molar-refractivity contribution in [3.05, 3.63) is 82.1 Å². The molecule has 5 heteroatoms. The average molecular weight is 337 g/mol. The molecular formula is C19H19N3OS. The molecule has 1 amide bonds. The first-order chi connectivity index (χ1) is 11.6. The van der Waals surface area contributed by atoms with Gasteiger partial charge in [-0.3, -0.25) is 9.78 Å². The van der Waals surface area contributed by atoms with E-state index in [1.165, 1.54) is 18.0 Å². The van der Waals surface area contributed by atoms with E-state index < -0.39 is 0 Å². The van der Waals surface area contributed by atoms with Gasteiger partial charge in [0.05, 0.1) is 12.2 Å². The third-order valence-corrected chi connectivity index (χ3v) is 4.77. The molecule has 1 atom stereocenters. The number of aromatic nitrogens is 2. The SMILES string of the molecule is CC(C)c1ccc(C(NC(=O)c2cnccn2)c2cccs2)cc1. The van der Waals surface area contributed by atoms with Gasteiger partial charge in [-0.25, -0.2) is 4.98 Å². The number of benzene rings is 1. The molecule has 1 unspecified atom stereocenters. The van der Waals surface area contributed by atoms with Gasteiger partial charge in [0.15, 0.2) is 0 Å². The molecule has 122 valence electrons. The summed E-state index contributed by atoms with van der Waals surface area (Å²) in [7, 11) is 0. The fraction of sp³-hybridized carbons (Fsp3) is 0.211. The summed E-state index contributed by atoms with van der Waals surface area (Å²) in [5, 5.41) is 5.08. The third-order valence-electron chi connectivity index (χ3n) is 3.84. The van der Waals surface area contributed by atoms with Gasteiger partial charge in [-0.2, -0.15) is 0 Å². The van der Waals surface area contributed by atoms with Gasteiger partial charge >= 0.3 is 0 Å². The maximum atomic E-state index is 12.5. The summed E-state index contributed by atoms with van der Waals surface area (Å²) in [6.07, 6.45) is 4.55. The van der Waals surface area contributed by atoms with Gasteiger partial charge in [0.1, 0.15) is 5.69 Å². The molecule has 1 aromatic carbocycles. The fourth-order valence-electron chi connectivity index (χ4n) is 2.47. The Morgan fingerprint density at radius 3 is 2.42 bits per heavy atom. The smallest absolute Gasteiger partial charge is 0.272 e. The van der Waals surface area contributed by atoms with Crippen LogP contribution in [0.4, 0.5) is 0 Å². The second-order valence-electron chi connectivity index (χ2n) is 5.83. The third kappa shape index (κ3) is 3.68. The van der Waals surface area contributed by atoms with E-state index in [1.807, 2.05) is 17.5 Å². The van der Waals surface area contributed by atoms with Crippen LogP contribution in [-0.4, -0.2) is 15.9 Å². The summed E-state index contributed by atoms with van der Waals surface area (Å²) in [6, 6.07) is 12.2. The van der Waals surface area contributed by atoms with Crippen LogP contribution in [0.3, 0.4) is 0 Å². The predicted molar refractivity (Wildman–Crippen MR) is 96.2 cm³/mol. The van der Waals surface area contributed by atoms with Crippen LogP contribution in [0, 0.1) is 0 Å². The van der Waals surface area contributed by atoms with Crippen molar-refractivity contribution in [3.8, 4) is 0 Å². The van der Waals surface area contributed by atoms with Gasteiger partial charge < -0.3 is 5.32 Å². The number of thiophene rings is 1. The Kier molecular flexibility index (Phi) is 5.01. The molecule has 0 aliphatic heterocycles. The monoisotopic (exact) mass is 337 g/mol. The molecule has 0 aliphatic rings. The van der Waals surface area contributed by atoms with E-state index in [9.17, 15) is 4.79 Å². The van der Waals surface area contributed by atoms with Crippen molar-refractivity contribution < 1.29 is 4.79 Å². The first-order valence-electron chi connectivity index (χ1n) is 7.85. The minimum absolute atomic E-state index is 0.194. The molecular weight excluding hydrogens is 318 g/mol. The van der Waals surface area contributed by atoms with Gasteiger partial charge in [0, 0.05) is 17.3 Å². The van der Waals surface area contributed by atoms with Gasteiger partial charge in [-0.05, 0) is 28.5 Å². The molecule has 0 saturated carbocycles. The van der Waals surface area contributed by atoms with Crippen molar-refractivity contribution in [1.82, 2.24) is 15.3 Å². The molecule has 24 heavy (non-hydrogen) atoms. The molecule has 3 rings (SSSR count). The zero-order valence-electron chi connectivity index (χ0n) is 13.6. The first kappa shape index (κ1) is 16.3. The number of carbonyl (C=O) groups is 1. The minimum Gasteiger partial charge on any atom is -0.339 e. The van der Waals surface area contributed by atoms with E-state index in [0.717, 1.165) is 10.4 Å². The molecule has 2 heterocycles. The molecule has 0 spiro atoms. The second-order valence-corrected chi connectivity index (χ2v) is 6.81. The molecule has 3 aromatic rings. The molecule has 0 bridgehead atoms. The van der Waals surface area contributed by atoms with Gasteiger partial charge in [-0.1, -0.05) is 44.2 Å². The lowest BCUT2D eigenvalue weighted by Crippen LogP contribution is -2.29. The van der Waals surface area contributed by atoms with E-state index in [-0.39, 0.29) is 11.9 Å². The number of hydrogen-bond donors (Lipinski definition) is 1. The highest BCUT2D eigenvalue weighted by molar-refractivity contribution is 7.10. The zero-order valence-corrected chi connectivity index (χ0v) is 14.5. The van der Waals surface area contributed by atoms with Crippen molar-refractivity contribution in [2.75, 3.05) is 0 Å². The lowest BCUT2D eigenvalue weighted by molar-refractivity contribution is 0.0938. The highest BCUT2D eigenvalue weighted by atomic mass is 32.1. The van der Waals surface area contributed by atoms with Crippen LogP contribution in [0.2, 0.25) is 0 Å². The zero-order chi connectivity index (χ0) is 16.9. The standard InChI is InChI=1S/C19H19N3OS/c1-13(2)14-5-7-15(8-6-14)18(17-4-3-11-24-17)22-19(23)16-12-20-9-10-21-16/h3-13,18H,1-2H3,(H,22,23). The molecule has 4 nitrogen and oxygen atoms in total. The predicted octanol–water partition coefficient (Wildman–Crippen LogP) is 4.18. The van der Waals surface area contributed by atoms with E-state index in [4.69, 9.17) is 0 Å². The van der Waals surface area contributed by atoms with E-state index in [2.05, 4.69) is 53.4 Å². The Hall–Kier alpha value is -2.53. The van der Waals surface area contributed by atoms with Crippen LogP contribution in [-0.2, 0) is 0 Å². The highest BCUT2D eigenvalue weighted by Gasteiger charge is 2.19. The Labute approximate surface area is 145 Å². The number of hydrogen-bond acceptors (Lipinski definition) is 4. The van der Waals surface area contributed by atoms with Gasteiger partial charge in [0.2, 0.25) is 0 Å². The topological polar surface area (TPSA) is 54.9 Å². The van der Waals surface area contributed by atoms with E-state index >= 15 is 0 Å². The molecule has 1 N–H and O–H groups in total. The van der Waals surface area contributed by atoms with Crippen LogP contribution in [0.1, 0.15) is 52.3 Å². The Balaban J connectivity index is 1.88. The van der Waals surface area contributed by atoms with Gasteiger partial charge in [-0.15, -0.1) is 11.3 Å². The van der Waals surface area contributed by atoms with Crippen molar-refractivity contribution in [2.45, 2.75) is 25.8 Å². The average Bonchev–Trinajstić information content (AvgIpc) is 3.14. The van der Waals surface area contributed by atoms with Gasteiger partial charge in [0.25, 0.3) is 5.91 Å². The first-order valence-corrected chi connectivity index (χ1v) is 8.73. The maximum absolute atomic E-state index is 12.5. The number of nitrogens with one attached hydrogen (secondary N) is 1. The van der Waals surface area contributed by atoms with Crippen LogP contribution < -0.4 is 5.32 Å². The second kappa shape index (κ2) is 7.36. The molecule has 0 radical (unpaired) electrons. The van der Waals surface area contributed by atoms with E-state index in [0.29, 0.717) is 11.6 Å². The molecule has 0 saturated heterocycles. The number of carbonyl (C=O) groups excluding carboxylic acids is 1. The van der Waals surface area contributed by atoms with Crippen molar-refractivity contribution in [2.24, 2.45) is 0 Å². The lowest BCUT2D eigenvalue weighted by Gasteiger charge is -2.18. The summed E-state index contributed by atoms with van der Waals surface area (Å²) < 4.78 is 0. The van der Waals surface area contributed by atoms with E-state index in [1.54, 1.807) is 17.5 Å². The van der Waals surface area contributed by atoms with Crippen molar-refractivity contribution in [3.63, 3.8) is 0 Å². The molecule has 0 aliphatic carbocycles. The normalized spacial score (nSPS) is 12.1. The highest BCUT2D eigenvalue weighted by Crippen LogP contribution is 2.27. The molecule has 0 fully saturated rings. The van der Waals surface area contributed by atoms with Crippen LogP contribution in [0.15, 0.2) is 60.4 Å². The minimum atomic E-state index is -0.227. The van der Waals surface area contributed by atoms with Crippen LogP contribution >= 0.6 is 11.3 Å². The quantitative estimate of drug-likeness (QED) is 0.760. The summed E-state index contributed by atoms with van der Waals surface area (Å²) in [6.45, 7) is 4.34. The Morgan fingerprint density at radius 1 is 1.08 bits per heavy atom. The van der Waals surface area contributed by atoms with Crippen LogP contribution in [0.5, 0.6) is 0 Å². The van der Waals surface area contributed by atoms with Crippen molar-refractivity contribution >= 4 is 17.2 Å².